The number of nitrogens with zero attached hydrogens (tertiary/aromatic N) is 2. The van der Waals surface area contributed by atoms with Crippen molar-refractivity contribution in [2.75, 3.05) is 33.1 Å². The summed E-state index contributed by atoms with van der Waals surface area (Å²) in [7, 11) is 5.04. The number of benzene rings is 6. The fraction of sp³-hybridized carbons (Fsp3) is 0.391. The maximum Gasteiger partial charge on any atom is 0.238 e. The molecule has 1 amide bonds. The number of fused-ring (bicyclic) bond motifs is 3. The zero-order chi connectivity index (χ0) is 56.1. The van der Waals surface area contributed by atoms with Crippen LogP contribution in [0.2, 0.25) is 0 Å². The molecule has 416 valence electrons. The van der Waals surface area contributed by atoms with E-state index in [1.54, 1.807) is 33.5 Å². The van der Waals surface area contributed by atoms with Crippen LogP contribution in [-0.2, 0) is 28.9 Å². The van der Waals surface area contributed by atoms with E-state index in [0.717, 1.165) is 102 Å². The van der Waals surface area contributed by atoms with E-state index in [-0.39, 0.29) is 59.3 Å². The van der Waals surface area contributed by atoms with Gasteiger partial charge in [-0.25, -0.2) is 13.2 Å². The predicted molar refractivity (Wildman–Crippen MR) is 311 cm³/mol. The molecule has 14 heteroatoms. The van der Waals surface area contributed by atoms with Crippen molar-refractivity contribution in [1.82, 2.24) is 10.2 Å². The van der Waals surface area contributed by atoms with Crippen LogP contribution >= 0.6 is 34.8 Å². The highest BCUT2D eigenvalue weighted by Crippen LogP contribution is 2.41. The second-order valence-electron chi connectivity index (χ2n) is 19.7. The average molecular weight is 1130 g/mol. The molecule has 6 aromatic rings. The van der Waals surface area contributed by atoms with E-state index in [4.69, 9.17) is 54.0 Å². The summed E-state index contributed by atoms with van der Waals surface area (Å²) in [5.74, 6) is 1.63. The van der Waals surface area contributed by atoms with E-state index in [9.17, 15) is 22.8 Å². The molecule has 3 aliphatic rings. The van der Waals surface area contributed by atoms with Crippen LogP contribution in [0.15, 0.2) is 132 Å². The van der Waals surface area contributed by atoms with E-state index in [1.165, 1.54) is 84.3 Å². The van der Waals surface area contributed by atoms with Gasteiger partial charge >= 0.3 is 0 Å². The van der Waals surface area contributed by atoms with Gasteiger partial charge in [-0.15, -0.1) is 23.2 Å². The number of alkyl halides is 2. The summed E-state index contributed by atoms with van der Waals surface area (Å²) in [5, 5.41) is 3.25. The minimum Gasteiger partial charge on any atom is -0.497 e. The molecule has 0 saturated heterocycles. The standard InChI is InChI=1S/C22H25ClFNO2.C20H24FNO.C20H22FNO.C2H2Cl2O/c1-3-4-5-18-12-16-13-19(27-2)10-11-20(16)22(25(18)21(26)14-23)15-6-8-17(24)9-7-15;2*1-3-4-5-17-12-15-13-18(23-2)10-11-19(15)20(22-17)14-6-8-16(21)9-7-14;3-1-2(4)5/h6-11,13,18,22H,3-5,12,14H2,1-2H3;6-11,13,17,20,22H,3-5,12H2,1-2H3;6-11,13,17H,3-5,12H2,1-2H3;1H2/t18-,22-;17-,20-;17-;/m000./s1. The molecular weight excluding hydrogens is 1050 g/mol. The maximum atomic E-state index is 13.5. The number of halogens is 6. The van der Waals surface area contributed by atoms with Crippen LogP contribution < -0.4 is 19.5 Å². The van der Waals surface area contributed by atoms with Gasteiger partial charge in [-0.1, -0.05) is 95.7 Å². The summed E-state index contributed by atoms with van der Waals surface area (Å²) >= 11 is 15.5. The Morgan fingerprint density at radius 3 is 1.62 bits per heavy atom. The van der Waals surface area contributed by atoms with Crippen LogP contribution in [0, 0.1) is 17.5 Å². The molecule has 0 unspecified atom stereocenters. The Bertz CT molecular complexity index is 2890. The van der Waals surface area contributed by atoms with Crippen molar-refractivity contribution in [2.24, 2.45) is 4.99 Å². The Labute approximate surface area is 474 Å². The van der Waals surface area contributed by atoms with Crippen molar-refractivity contribution in [2.45, 2.75) is 128 Å². The molecule has 3 aliphatic heterocycles. The highest BCUT2D eigenvalue weighted by Gasteiger charge is 2.38. The van der Waals surface area contributed by atoms with Gasteiger partial charge in [-0.2, -0.15) is 0 Å². The first-order chi connectivity index (χ1) is 37.8. The molecule has 0 bridgehead atoms. The van der Waals surface area contributed by atoms with Gasteiger partial charge in [-0.3, -0.25) is 14.6 Å². The Balaban J connectivity index is 0.000000182. The van der Waals surface area contributed by atoms with E-state index in [0.29, 0.717) is 6.04 Å². The second-order valence-corrected chi connectivity index (χ2v) is 20.7. The van der Waals surface area contributed by atoms with Gasteiger partial charge in [0.25, 0.3) is 0 Å². The average Bonchev–Trinajstić information content (AvgIpc) is 3.54. The van der Waals surface area contributed by atoms with Crippen molar-refractivity contribution in [3.63, 3.8) is 0 Å². The molecule has 0 aliphatic carbocycles. The van der Waals surface area contributed by atoms with Crippen molar-refractivity contribution in [3.05, 3.63) is 195 Å². The highest BCUT2D eigenvalue weighted by molar-refractivity contribution is 6.67. The molecule has 78 heavy (non-hydrogen) atoms. The molecule has 3 heterocycles. The summed E-state index contributed by atoms with van der Waals surface area (Å²) in [6, 6.07) is 38.9. The first kappa shape index (κ1) is 61.4. The van der Waals surface area contributed by atoms with Crippen molar-refractivity contribution < 1.29 is 37.0 Å². The summed E-state index contributed by atoms with van der Waals surface area (Å²) < 4.78 is 56.1. The topological polar surface area (TPSA) is 89.5 Å². The number of unbranched alkanes of at least 4 members (excludes halogenated alkanes) is 3. The predicted octanol–water partition coefficient (Wildman–Crippen LogP) is 15.5. The highest BCUT2D eigenvalue weighted by atomic mass is 35.5. The number of methoxy groups -OCH3 is 3. The Morgan fingerprint density at radius 2 is 1.08 bits per heavy atom. The van der Waals surface area contributed by atoms with Gasteiger partial charge in [0.05, 0.1) is 51.0 Å². The summed E-state index contributed by atoms with van der Waals surface area (Å²) in [5.41, 5.74) is 11.2. The third-order valence-corrected chi connectivity index (χ3v) is 15.1. The molecular formula is C64H73Cl3F3N3O5. The number of amides is 1. The lowest BCUT2D eigenvalue weighted by molar-refractivity contribution is -0.133. The summed E-state index contributed by atoms with van der Waals surface area (Å²) in [4.78, 5) is 29.1. The largest absolute Gasteiger partial charge is 0.497 e. The monoisotopic (exact) mass is 1130 g/mol. The molecule has 1 N–H and O–H groups in total. The molecule has 0 spiro atoms. The second kappa shape index (κ2) is 31.1. The fourth-order valence-electron chi connectivity index (χ4n) is 10.4. The van der Waals surface area contributed by atoms with Crippen LogP contribution in [0.25, 0.3) is 0 Å². The first-order valence-electron chi connectivity index (χ1n) is 27.0. The number of ether oxygens (including phenoxy) is 3. The molecule has 6 aromatic carbocycles. The Morgan fingerprint density at radius 1 is 0.590 bits per heavy atom. The van der Waals surface area contributed by atoms with Crippen LogP contribution in [0.5, 0.6) is 17.2 Å². The minimum atomic E-state index is -0.508. The normalized spacial score (nSPS) is 17.9. The van der Waals surface area contributed by atoms with Gasteiger partial charge in [-0.05, 0) is 180 Å². The number of rotatable bonds is 17. The van der Waals surface area contributed by atoms with Crippen LogP contribution in [0.3, 0.4) is 0 Å². The minimum absolute atomic E-state index is 0.0610. The van der Waals surface area contributed by atoms with E-state index >= 15 is 0 Å². The van der Waals surface area contributed by atoms with Crippen LogP contribution in [0.1, 0.15) is 141 Å². The lowest BCUT2D eigenvalue weighted by Gasteiger charge is -2.44. The van der Waals surface area contributed by atoms with Crippen molar-refractivity contribution in [3.8, 4) is 17.2 Å². The van der Waals surface area contributed by atoms with Gasteiger partial charge in [0.1, 0.15) is 40.6 Å². The van der Waals surface area contributed by atoms with Crippen LogP contribution in [0.4, 0.5) is 13.2 Å². The maximum absolute atomic E-state index is 13.5. The summed E-state index contributed by atoms with van der Waals surface area (Å²) in [6.07, 6.45) is 12.7. The molecule has 0 aromatic heterocycles. The molecule has 9 rings (SSSR count). The van der Waals surface area contributed by atoms with Crippen LogP contribution in [-0.4, -0.2) is 73.0 Å². The van der Waals surface area contributed by atoms with E-state index in [1.807, 2.05) is 59.5 Å². The lowest BCUT2D eigenvalue weighted by atomic mass is 9.83. The van der Waals surface area contributed by atoms with Gasteiger partial charge in [0.15, 0.2) is 0 Å². The van der Waals surface area contributed by atoms with E-state index in [2.05, 4.69) is 50.4 Å². The van der Waals surface area contributed by atoms with Gasteiger partial charge in [0.2, 0.25) is 11.1 Å². The quantitative estimate of drug-likeness (QED) is 0.0723. The fourth-order valence-corrected chi connectivity index (χ4v) is 10.6. The molecule has 0 saturated carbocycles. The Kier molecular flexibility index (Phi) is 24.4. The third kappa shape index (κ3) is 16.8. The smallest absolute Gasteiger partial charge is 0.238 e. The number of carbonyl (C=O) groups is 2. The number of aliphatic imine (C=N–C) groups is 1. The molecule has 0 fully saturated rings. The summed E-state index contributed by atoms with van der Waals surface area (Å²) in [6.45, 7) is 6.56. The third-order valence-electron chi connectivity index (χ3n) is 14.3. The lowest BCUT2D eigenvalue weighted by Crippen LogP contribution is -2.48. The van der Waals surface area contributed by atoms with Crippen molar-refractivity contribution >= 4 is 51.7 Å². The first-order valence-corrected chi connectivity index (χ1v) is 28.5. The molecule has 5 atom stereocenters. The number of nitrogens with one attached hydrogen (secondary N) is 1. The van der Waals surface area contributed by atoms with Crippen molar-refractivity contribution in [1.29, 1.82) is 0 Å². The number of hydrogen-bond acceptors (Lipinski definition) is 7. The number of hydrogen-bond donors (Lipinski definition) is 1. The Hall–Kier alpha value is -5.85. The number of carbonyl (C=O) groups excluding carboxylic acids is 2. The van der Waals surface area contributed by atoms with Gasteiger partial charge < -0.3 is 24.4 Å². The van der Waals surface area contributed by atoms with Gasteiger partial charge in [0, 0.05) is 23.2 Å². The molecule has 0 radical (unpaired) electrons. The SMILES string of the molecule is CCCC[C@H]1Cc2cc(OC)ccc2C(c2ccc(F)cc2)=N1.CCCC[C@H]1Cc2cc(OC)ccc2[C@H](c2ccc(F)cc2)N1.CCCC[C@H]1Cc2cc(OC)ccc2[C@H](c2ccc(F)cc2)N1C(=O)CCl.O=C(Cl)CCl. The zero-order valence-electron chi connectivity index (χ0n) is 45.6. The molecule has 8 nitrogen and oxygen atoms in total. The zero-order valence-corrected chi connectivity index (χ0v) is 47.9. The van der Waals surface area contributed by atoms with E-state index < -0.39 is 5.24 Å².